The molecule has 0 unspecified atom stereocenters. The van der Waals surface area contributed by atoms with E-state index in [1.54, 1.807) is 6.07 Å². The summed E-state index contributed by atoms with van der Waals surface area (Å²) in [7, 11) is 0. The minimum absolute atomic E-state index is 0. The van der Waals surface area contributed by atoms with Crippen molar-refractivity contribution in [1.29, 1.82) is 0 Å². The summed E-state index contributed by atoms with van der Waals surface area (Å²) in [6.45, 7) is 20.3. The molecule has 0 saturated carbocycles. The van der Waals surface area contributed by atoms with Gasteiger partial charge in [-0.05, 0) is 105 Å². The number of hydrogen-bond acceptors (Lipinski definition) is 3. The van der Waals surface area contributed by atoms with Gasteiger partial charge >= 0.3 is 0 Å². The predicted octanol–water partition coefficient (Wildman–Crippen LogP) is 15.6. The molecule has 7 aromatic carbocycles. The number of fused-ring (bicyclic) bond motifs is 4. The third-order valence-electron chi connectivity index (χ3n) is 12.8. The van der Waals surface area contributed by atoms with E-state index in [4.69, 9.17) is 9.97 Å². The van der Waals surface area contributed by atoms with Crippen LogP contribution in [0.4, 0.5) is 0 Å². The molecule has 332 valence electrons. The van der Waals surface area contributed by atoms with E-state index in [0.29, 0.717) is 11.4 Å². The van der Waals surface area contributed by atoms with Crippen molar-refractivity contribution in [1.82, 2.24) is 19.1 Å². The fraction of sp³-hybridized carbons (Fsp3) is 0.200. The first kappa shape index (κ1) is 44.6. The number of aromatic nitrogens is 4. The molecule has 10 rings (SSSR count). The maximum Gasteiger partial charge on any atom is 0.148 e. The van der Waals surface area contributed by atoms with Crippen LogP contribution in [0.1, 0.15) is 79.0 Å². The minimum atomic E-state index is -0.167. The third kappa shape index (κ3) is 8.09. The molecule has 3 aromatic heterocycles. The summed E-state index contributed by atoms with van der Waals surface area (Å²) in [5.41, 5.74) is 16.2. The van der Waals surface area contributed by atoms with Crippen LogP contribution in [0, 0.1) is 6.07 Å². The number of nitrogens with zero attached hydrogens (tertiary/aromatic N) is 4. The van der Waals surface area contributed by atoms with Crippen LogP contribution in [-0.4, -0.2) is 24.2 Å². The Balaban J connectivity index is 0.00000548. The zero-order valence-electron chi connectivity index (χ0n) is 39.1. The number of aromatic hydroxyl groups is 1. The second-order valence-electron chi connectivity index (χ2n) is 20.5. The van der Waals surface area contributed by atoms with Crippen LogP contribution >= 0.6 is 0 Å². The molecule has 66 heavy (non-hydrogen) atoms. The molecule has 0 aliphatic heterocycles. The molecule has 10 aromatic rings. The topological polar surface area (TPSA) is 55.9 Å². The van der Waals surface area contributed by atoms with Crippen molar-refractivity contribution < 1.29 is 26.2 Å². The maximum atomic E-state index is 11.4. The number of pyridine rings is 1. The Hall–Kier alpha value is -6.55. The number of rotatable bonds is 6. The number of para-hydroxylation sites is 4. The fourth-order valence-electron chi connectivity index (χ4n) is 9.08. The van der Waals surface area contributed by atoms with Gasteiger partial charge in [-0.3, -0.25) is 9.55 Å². The van der Waals surface area contributed by atoms with Gasteiger partial charge in [0.05, 0.1) is 27.6 Å². The van der Waals surface area contributed by atoms with E-state index in [9.17, 15) is 5.11 Å². The van der Waals surface area contributed by atoms with Gasteiger partial charge in [-0.2, -0.15) is 0 Å². The van der Waals surface area contributed by atoms with E-state index in [-0.39, 0.29) is 43.1 Å². The van der Waals surface area contributed by atoms with Crippen LogP contribution in [0.5, 0.6) is 5.75 Å². The van der Waals surface area contributed by atoms with E-state index in [1.807, 2.05) is 24.4 Å². The molecule has 0 fully saturated rings. The largest absolute Gasteiger partial charge is 0.507 e. The van der Waals surface area contributed by atoms with Crippen LogP contribution in [0.3, 0.4) is 0 Å². The van der Waals surface area contributed by atoms with Crippen molar-refractivity contribution in [2.24, 2.45) is 0 Å². The van der Waals surface area contributed by atoms with Crippen LogP contribution in [-0.2, 0) is 37.3 Å². The Labute approximate surface area is 403 Å². The van der Waals surface area contributed by atoms with Crippen LogP contribution in [0.2, 0.25) is 0 Å². The van der Waals surface area contributed by atoms with E-state index in [1.165, 1.54) is 38.5 Å². The van der Waals surface area contributed by atoms with E-state index >= 15 is 0 Å². The number of imidazole rings is 1. The number of phenols is 1. The van der Waals surface area contributed by atoms with Crippen molar-refractivity contribution >= 4 is 32.8 Å². The molecule has 0 atom stereocenters. The van der Waals surface area contributed by atoms with E-state index in [2.05, 4.69) is 211 Å². The number of hydrogen-bond donors (Lipinski definition) is 1. The molecule has 6 heteroatoms. The SMILES string of the molecule is CC(C)(C)c1cc(-c2cc(-c3ccc4c(c3)c3ccccc3n4-c3ccccc3)ccn2)[c-]c(-c2cccc3c2nc(-c2ccccc2O)n3-c2cc(C(C)(C)C)cc(C(C)(C)C)c2)c1.[Pt]. The molecule has 0 bridgehead atoms. The Morgan fingerprint density at radius 1 is 0.470 bits per heavy atom. The predicted molar refractivity (Wildman–Crippen MR) is 272 cm³/mol. The Bertz CT molecular complexity index is 3410. The van der Waals surface area contributed by atoms with E-state index in [0.717, 1.165) is 55.9 Å². The summed E-state index contributed by atoms with van der Waals surface area (Å²) >= 11 is 0. The first-order chi connectivity index (χ1) is 31.0. The first-order valence-corrected chi connectivity index (χ1v) is 22.6. The molecule has 0 spiro atoms. The van der Waals surface area contributed by atoms with Crippen LogP contribution in [0.15, 0.2) is 164 Å². The van der Waals surface area contributed by atoms with Gasteiger partial charge in [-0.15, -0.1) is 29.3 Å². The summed E-state index contributed by atoms with van der Waals surface area (Å²) in [5, 5.41) is 13.8. The molecule has 0 aliphatic rings. The van der Waals surface area contributed by atoms with Gasteiger partial charge in [0.1, 0.15) is 11.6 Å². The molecule has 0 amide bonds. The van der Waals surface area contributed by atoms with Gasteiger partial charge in [0, 0.05) is 55.1 Å². The van der Waals surface area contributed by atoms with Crippen molar-refractivity contribution in [2.75, 3.05) is 0 Å². The third-order valence-corrected chi connectivity index (χ3v) is 12.8. The number of benzene rings is 7. The Morgan fingerprint density at radius 3 is 1.77 bits per heavy atom. The zero-order valence-corrected chi connectivity index (χ0v) is 41.4. The number of phenolic OH excluding ortho intramolecular Hbond substituents is 1. The van der Waals surface area contributed by atoms with E-state index < -0.39 is 0 Å². The molecule has 0 saturated heterocycles. The summed E-state index contributed by atoms with van der Waals surface area (Å²) in [6, 6.07) is 59.5. The molecule has 3 heterocycles. The normalized spacial score (nSPS) is 12.3. The monoisotopic (exact) mass is 1040 g/mol. The van der Waals surface area contributed by atoms with Crippen molar-refractivity contribution in [2.45, 2.75) is 78.6 Å². The Morgan fingerprint density at radius 2 is 1.06 bits per heavy atom. The molecule has 0 radical (unpaired) electrons. The fourth-order valence-corrected chi connectivity index (χ4v) is 9.08. The first-order valence-electron chi connectivity index (χ1n) is 22.6. The molecule has 0 aliphatic carbocycles. The second kappa shape index (κ2) is 16.7. The van der Waals surface area contributed by atoms with Crippen LogP contribution in [0.25, 0.3) is 89.1 Å². The summed E-state index contributed by atoms with van der Waals surface area (Å²) in [4.78, 5) is 10.5. The van der Waals surface area contributed by atoms with Gasteiger partial charge < -0.3 is 9.67 Å². The summed E-state index contributed by atoms with van der Waals surface area (Å²) in [5.74, 6) is 0.867. The van der Waals surface area contributed by atoms with Gasteiger partial charge in [-0.25, -0.2) is 4.98 Å². The molecular formula is C60H55N4OPt-. The average Bonchev–Trinajstić information content (AvgIpc) is 3.84. The summed E-state index contributed by atoms with van der Waals surface area (Å²) < 4.78 is 4.58. The maximum absolute atomic E-state index is 11.4. The van der Waals surface area contributed by atoms with Gasteiger partial charge in [0.2, 0.25) is 0 Å². The van der Waals surface area contributed by atoms with Gasteiger partial charge in [0.25, 0.3) is 0 Å². The van der Waals surface area contributed by atoms with Gasteiger partial charge in [-0.1, -0.05) is 152 Å². The second-order valence-corrected chi connectivity index (χ2v) is 20.5. The average molecular weight is 1040 g/mol. The Kier molecular flexibility index (Phi) is 11.3. The summed E-state index contributed by atoms with van der Waals surface area (Å²) in [6.07, 6.45) is 1.91. The van der Waals surface area contributed by atoms with Crippen molar-refractivity contribution in [3.8, 4) is 62.0 Å². The van der Waals surface area contributed by atoms with Crippen molar-refractivity contribution in [3.05, 3.63) is 187 Å². The smallest absolute Gasteiger partial charge is 0.148 e. The van der Waals surface area contributed by atoms with Crippen LogP contribution < -0.4 is 0 Å². The molecular weight excluding hydrogens is 988 g/mol. The molecule has 1 N–H and O–H groups in total. The standard InChI is InChI=1S/C60H55N4O.Pt/c1-58(2,3)42-31-40(30-41(32-42)51-34-39(28-29-61-51)38-26-27-53-50(33-38)48-20-13-15-23-52(48)63(53)45-18-11-10-12-19-45)47-22-17-24-54-56(47)62-57(49-21-14-16-25-55(49)65)64(54)46-36-43(59(4,5)6)35-44(37-46)60(7,8)9;/h10-29,31-37,65H,1-9H3;/q-1;. The minimum Gasteiger partial charge on any atom is -0.507 e. The van der Waals surface area contributed by atoms with Crippen molar-refractivity contribution in [3.63, 3.8) is 0 Å². The zero-order chi connectivity index (χ0) is 45.4. The van der Waals surface area contributed by atoms with Gasteiger partial charge in [0.15, 0.2) is 0 Å². The molecule has 5 nitrogen and oxygen atoms in total. The quantitative estimate of drug-likeness (QED) is 0.169.